The second-order valence-corrected chi connectivity index (χ2v) is 5.36. The van der Waals surface area contributed by atoms with E-state index >= 15 is 0 Å². The van der Waals surface area contributed by atoms with Crippen molar-refractivity contribution in [1.82, 2.24) is 9.97 Å². The Kier molecular flexibility index (Phi) is 3.75. The molecule has 21 heavy (non-hydrogen) atoms. The molecule has 0 fully saturated rings. The lowest BCUT2D eigenvalue weighted by atomic mass is 10.0. The van der Waals surface area contributed by atoms with E-state index in [2.05, 4.69) is 37.3 Å². The maximum atomic E-state index is 5.42. The fourth-order valence-electron chi connectivity index (χ4n) is 2.32. The molecule has 0 atom stereocenters. The Bertz CT molecular complexity index is 805. The number of halogens is 1. The molecule has 5 heteroatoms. The number of nitrogens with one attached hydrogen (secondary N) is 1. The molecule has 0 aliphatic heterocycles. The third kappa shape index (κ3) is 2.45. The second-order valence-electron chi connectivity index (χ2n) is 4.50. The van der Waals surface area contributed by atoms with E-state index in [4.69, 9.17) is 4.74 Å². The van der Waals surface area contributed by atoms with Crippen LogP contribution in [-0.2, 0) is 0 Å². The van der Waals surface area contributed by atoms with Gasteiger partial charge in [0.05, 0.1) is 11.6 Å². The van der Waals surface area contributed by atoms with Crippen LogP contribution in [0.25, 0.3) is 22.2 Å². The fourth-order valence-corrected chi connectivity index (χ4v) is 2.71. The van der Waals surface area contributed by atoms with Crippen LogP contribution in [0.1, 0.15) is 0 Å². The van der Waals surface area contributed by atoms with Crippen LogP contribution < -0.4 is 10.1 Å². The van der Waals surface area contributed by atoms with E-state index in [0.29, 0.717) is 5.82 Å². The van der Waals surface area contributed by atoms with E-state index in [1.807, 2.05) is 37.4 Å². The number of fused-ring (bicyclic) bond motifs is 1. The van der Waals surface area contributed by atoms with E-state index in [1.54, 1.807) is 13.3 Å². The first-order chi connectivity index (χ1) is 10.2. The number of benzene rings is 2. The summed E-state index contributed by atoms with van der Waals surface area (Å²) in [7, 11) is 3.51. The predicted octanol–water partition coefficient (Wildman–Crippen LogP) is 4.11. The Morgan fingerprint density at radius 1 is 1.10 bits per heavy atom. The van der Waals surface area contributed by atoms with Crippen molar-refractivity contribution in [2.75, 3.05) is 19.5 Å². The van der Waals surface area contributed by atoms with Crippen LogP contribution in [0.3, 0.4) is 0 Å². The van der Waals surface area contributed by atoms with Gasteiger partial charge in [-0.2, -0.15) is 0 Å². The minimum Gasteiger partial charge on any atom is -0.496 e. The standard InChI is InChI=1S/C16H14BrN3O/c1-18-16-13(17)9-19-15(20-16)12-7-8-14(21-2)11-6-4-3-5-10(11)12/h3-9H,1-2H3,(H,18,19,20). The van der Waals surface area contributed by atoms with Crippen molar-refractivity contribution >= 4 is 32.5 Å². The Hall–Kier alpha value is -2.14. The van der Waals surface area contributed by atoms with Crippen molar-refractivity contribution < 1.29 is 4.74 Å². The predicted molar refractivity (Wildman–Crippen MR) is 88.8 cm³/mol. The fraction of sp³-hybridized carbons (Fsp3) is 0.125. The van der Waals surface area contributed by atoms with Gasteiger partial charge in [0, 0.05) is 24.2 Å². The molecule has 3 rings (SSSR count). The highest BCUT2D eigenvalue weighted by molar-refractivity contribution is 9.10. The van der Waals surface area contributed by atoms with Gasteiger partial charge in [-0.3, -0.25) is 0 Å². The molecule has 0 radical (unpaired) electrons. The highest BCUT2D eigenvalue weighted by Crippen LogP contribution is 2.33. The third-order valence-electron chi connectivity index (χ3n) is 3.33. The molecule has 0 spiro atoms. The van der Waals surface area contributed by atoms with Gasteiger partial charge < -0.3 is 10.1 Å². The molecule has 3 aromatic rings. The zero-order valence-corrected chi connectivity index (χ0v) is 13.3. The number of methoxy groups -OCH3 is 1. The first kappa shape index (κ1) is 13.8. The molecule has 0 saturated carbocycles. The monoisotopic (exact) mass is 343 g/mol. The average molecular weight is 344 g/mol. The largest absolute Gasteiger partial charge is 0.496 e. The normalized spacial score (nSPS) is 10.6. The van der Waals surface area contributed by atoms with Gasteiger partial charge in [0.15, 0.2) is 5.82 Å². The number of nitrogens with zero attached hydrogens (tertiary/aromatic N) is 2. The molecule has 106 valence electrons. The van der Waals surface area contributed by atoms with Crippen LogP contribution >= 0.6 is 15.9 Å². The van der Waals surface area contributed by atoms with Crippen molar-refractivity contribution in [1.29, 1.82) is 0 Å². The number of hydrogen-bond acceptors (Lipinski definition) is 4. The van der Waals surface area contributed by atoms with E-state index in [-0.39, 0.29) is 0 Å². The Balaban J connectivity index is 2.26. The van der Waals surface area contributed by atoms with Gasteiger partial charge in [0.2, 0.25) is 0 Å². The molecule has 4 nitrogen and oxygen atoms in total. The average Bonchev–Trinajstić information content (AvgIpc) is 2.54. The Labute approximate surface area is 131 Å². The van der Waals surface area contributed by atoms with Crippen molar-refractivity contribution in [3.8, 4) is 17.1 Å². The molecule has 1 heterocycles. The number of anilines is 1. The van der Waals surface area contributed by atoms with Gasteiger partial charge in [0.1, 0.15) is 11.6 Å². The summed E-state index contributed by atoms with van der Waals surface area (Å²) < 4.78 is 6.26. The van der Waals surface area contributed by atoms with Gasteiger partial charge in [-0.15, -0.1) is 0 Å². The number of hydrogen-bond donors (Lipinski definition) is 1. The summed E-state index contributed by atoms with van der Waals surface area (Å²) in [4.78, 5) is 8.98. The van der Waals surface area contributed by atoms with Crippen molar-refractivity contribution in [3.05, 3.63) is 47.1 Å². The molecule has 2 aromatic carbocycles. The Morgan fingerprint density at radius 2 is 1.86 bits per heavy atom. The lowest BCUT2D eigenvalue weighted by Crippen LogP contribution is -1.98. The smallest absolute Gasteiger partial charge is 0.162 e. The Morgan fingerprint density at radius 3 is 2.57 bits per heavy atom. The highest BCUT2D eigenvalue weighted by Gasteiger charge is 2.11. The molecule has 0 bridgehead atoms. The summed E-state index contributed by atoms with van der Waals surface area (Å²) in [6, 6.07) is 12.0. The van der Waals surface area contributed by atoms with Gasteiger partial charge in [-0.05, 0) is 33.4 Å². The molecule has 0 unspecified atom stereocenters. The minimum atomic E-state index is 0.682. The third-order valence-corrected chi connectivity index (χ3v) is 3.91. The summed E-state index contributed by atoms with van der Waals surface area (Å²) in [5.41, 5.74) is 0.982. The number of aromatic nitrogens is 2. The zero-order valence-electron chi connectivity index (χ0n) is 11.7. The molecular weight excluding hydrogens is 330 g/mol. The van der Waals surface area contributed by atoms with E-state index in [1.165, 1.54) is 0 Å². The summed E-state index contributed by atoms with van der Waals surface area (Å²) in [6.45, 7) is 0. The number of ether oxygens (including phenoxy) is 1. The summed E-state index contributed by atoms with van der Waals surface area (Å²) in [5, 5.41) is 5.17. The summed E-state index contributed by atoms with van der Waals surface area (Å²) >= 11 is 3.43. The number of rotatable bonds is 3. The van der Waals surface area contributed by atoms with Crippen molar-refractivity contribution in [3.63, 3.8) is 0 Å². The van der Waals surface area contributed by atoms with Crippen LogP contribution in [0.4, 0.5) is 5.82 Å². The topological polar surface area (TPSA) is 47.0 Å². The van der Waals surface area contributed by atoms with Gasteiger partial charge in [0.25, 0.3) is 0 Å². The van der Waals surface area contributed by atoms with E-state index in [9.17, 15) is 0 Å². The van der Waals surface area contributed by atoms with Gasteiger partial charge in [-0.1, -0.05) is 24.3 Å². The quantitative estimate of drug-likeness (QED) is 0.777. The van der Waals surface area contributed by atoms with Gasteiger partial charge >= 0.3 is 0 Å². The molecule has 0 aliphatic carbocycles. The van der Waals surface area contributed by atoms with Crippen LogP contribution in [0.15, 0.2) is 47.1 Å². The maximum Gasteiger partial charge on any atom is 0.162 e. The maximum absolute atomic E-state index is 5.42. The molecule has 0 amide bonds. The molecule has 0 aliphatic rings. The van der Waals surface area contributed by atoms with Crippen LogP contribution in [-0.4, -0.2) is 24.1 Å². The lowest BCUT2D eigenvalue weighted by molar-refractivity contribution is 0.420. The molecule has 1 aromatic heterocycles. The lowest BCUT2D eigenvalue weighted by Gasteiger charge is -2.11. The first-order valence-electron chi connectivity index (χ1n) is 6.51. The summed E-state index contributed by atoms with van der Waals surface area (Å²) in [5.74, 6) is 2.29. The molecule has 1 N–H and O–H groups in total. The highest BCUT2D eigenvalue weighted by atomic mass is 79.9. The van der Waals surface area contributed by atoms with E-state index < -0.39 is 0 Å². The molecular formula is C16H14BrN3O. The van der Waals surface area contributed by atoms with Crippen LogP contribution in [0.2, 0.25) is 0 Å². The van der Waals surface area contributed by atoms with Crippen LogP contribution in [0, 0.1) is 0 Å². The second kappa shape index (κ2) is 5.69. The zero-order chi connectivity index (χ0) is 14.8. The van der Waals surface area contributed by atoms with Crippen molar-refractivity contribution in [2.24, 2.45) is 0 Å². The van der Waals surface area contributed by atoms with Gasteiger partial charge in [-0.25, -0.2) is 9.97 Å². The van der Waals surface area contributed by atoms with Crippen molar-refractivity contribution in [2.45, 2.75) is 0 Å². The first-order valence-corrected chi connectivity index (χ1v) is 7.30. The SMILES string of the molecule is CNc1nc(-c2ccc(OC)c3ccccc23)ncc1Br. The van der Waals surface area contributed by atoms with E-state index in [0.717, 1.165) is 32.4 Å². The summed E-state index contributed by atoms with van der Waals surface area (Å²) in [6.07, 6.45) is 1.76. The minimum absolute atomic E-state index is 0.682. The van der Waals surface area contributed by atoms with Crippen LogP contribution in [0.5, 0.6) is 5.75 Å². The molecule has 0 saturated heterocycles.